The number of nitrogens with one attached hydrogen (secondary N) is 3. The van der Waals surface area contributed by atoms with Crippen LogP contribution in [-0.4, -0.2) is 35.9 Å². The number of carbonyl (C=O) groups excluding carboxylic acids is 1. The van der Waals surface area contributed by atoms with Crippen molar-refractivity contribution in [3.63, 3.8) is 0 Å². The zero-order chi connectivity index (χ0) is 18.9. The van der Waals surface area contributed by atoms with Gasteiger partial charge in [0, 0.05) is 36.3 Å². The number of fused-ring (bicyclic) bond motifs is 2. The molecule has 2 aliphatic heterocycles. The van der Waals surface area contributed by atoms with E-state index in [1.165, 1.54) is 30.5 Å². The number of urea groups is 1. The Morgan fingerprint density at radius 1 is 1.00 bits per heavy atom. The molecule has 3 aromatic rings. The van der Waals surface area contributed by atoms with Gasteiger partial charge in [0.2, 0.25) is 0 Å². The van der Waals surface area contributed by atoms with Gasteiger partial charge in [0.15, 0.2) is 0 Å². The summed E-state index contributed by atoms with van der Waals surface area (Å²) in [6, 6.07) is 11.9. The lowest BCUT2D eigenvalue weighted by Crippen LogP contribution is -2.43. The summed E-state index contributed by atoms with van der Waals surface area (Å²) in [5, 5.41) is 12.8. The van der Waals surface area contributed by atoms with E-state index < -0.39 is 0 Å². The van der Waals surface area contributed by atoms with Crippen molar-refractivity contribution in [1.29, 1.82) is 0 Å². The molecule has 2 aromatic carbocycles. The summed E-state index contributed by atoms with van der Waals surface area (Å²) >= 11 is 0. The van der Waals surface area contributed by atoms with Gasteiger partial charge in [-0.3, -0.25) is 10.1 Å². The third-order valence-corrected chi connectivity index (χ3v) is 5.67. The van der Waals surface area contributed by atoms with Gasteiger partial charge in [-0.05, 0) is 49.9 Å². The van der Waals surface area contributed by atoms with Gasteiger partial charge in [0.1, 0.15) is 0 Å². The molecule has 0 spiro atoms. The summed E-state index contributed by atoms with van der Waals surface area (Å²) in [7, 11) is 0. The van der Waals surface area contributed by atoms with Crippen LogP contribution in [0.15, 0.2) is 42.6 Å². The highest BCUT2D eigenvalue weighted by Gasteiger charge is 2.25. The van der Waals surface area contributed by atoms with E-state index in [9.17, 15) is 4.79 Å². The van der Waals surface area contributed by atoms with E-state index in [2.05, 4.69) is 44.0 Å². The van der Waals surface area contributed by atoms with Gasteiger partial charge in [-0.15, -0.1) is 0 Å². The molecule has 2 aliphatic rings. The van der Waals surface area contributed by atoms with Crippen molar-refractivity contribution in [1.82, 2.24) is 15.6 Å². The van der Waals surface area contributed by atoms with Crippen molar-refractivity contribution >= 4 is 34.0 Å². The Morgan fingerprint density at radius 3 is 2.71 bits per heavy atom. The molecule has 1 aromatic heterocycles. The number of aromatic amines is 1. The van der Waals surface area contributed by atoms with E-state index >= 15 is 0 Å². The Bertz CT molecular complexity index is 1010. The molecule has 5 rings (SSSR count). The van der Waals surface area contributed by atoms with Crippen molar-refractivity contribution in [2.24, 2.45) is 0 Å². The van der Waals surface area contributed by atoms with E-state index in [4.69, 9.17) is 0 Å². The van der Waals surface area contributed by atoms with Crippen LogP contribution in [0.4, 0.5) is 21.9 Å². The van der Waals surface area contributed by atoms with Crippen molar-refractivity contribution in [3.8, 4) is 0 Å². The molecule has 1 saturated heterocycles. The van der Waals surface area contributed by atoms with Crippen LogP contribution < -0.4 is 20.7 Å². The van der Waals surface area contributed by atoms with Crippen LogP contribution >= 0.6 is 0 Å². The first-order chi connectivity index (χ1) is 13.8. The second-order valence-electron chi connectivity index (χ2n) is 7.43. The predicted octanol–water partition coefficient (Wildman–Crippen LogP) is 3.65. The fourth-order valence-corrected chi connectivity index (χ4v) is 4.31. The first kappa shape index (κ1) is 16.9. The van der Waals surface area contributed by atoms with E-state index in [0.29, 0.717) is 0 Å². The monoisotopic (exact) mass is 376 g/mol. The number of H-pyrrole nitrogens is 1. The van der Waals surface area contributed by atoms with Gasteiger partial charge in [-0.25, -0.2) is 10.2 Å². The third-order valence-electron chi connectivity index (χ3n) is 5.67. The number of piperidine rings is 1. The Morgan fingerprint density at radius 2 is 1.82 bits per heavy atom. The standard InChI is InChI=1S/C21H24N6O/c28-21(23-17-6-4-7-18-16(17)14-22-24-18)25-27-13-10-15-19(8-5-9-20(15)27)26-11-2-1-3-12-26/h4-9,14H,1-3,10-13H2,(H,22,24)(H2,23,25,28). The van der Waals surface area contributed by atoms with Gasteiger partial charge in [-0.2, -0.15) is 5.10 Å². The van der Waals surface area contributed by atoms with E-state index in [1.54, 1.807) is 6.20 Å². The van der Waals surface area contributed by atoms with Crippen LogP contribution in [0.2, 0.25) is 0 Å². The molecule has 1 fully saturated rings. The van der Waals surface area contributed by atoms with E-state index in [0.717, 1.165) is 48.3 Å². The molecule has 0 radical (unpaired) electrons. The van der Waals surface area contributed by atoms with Crippen LogP contribution in [0.25, 0.3) is 10.9 Å². The van der Waals surface area contributed by atoms with Gasteiger partial charge < -0.3 is 10.2 Å². The minimum absolute atomic E-state index is 0.245. The smallest absolute Gasteiger partial charge is 0.338 e. The lowest BCUT2D eigenvalue weighted by atomic mass is 10.1. The number of hydrogen-bond acceptors (Lipinski definition) is 4. The van der Waals surface area contributed by atoms with Crippen molar-refractivity contribution in [2.45, 2.75) is 25.7 Å². The number of hydrazine groups is 1. The maximum Gasteiger partial charge on any atom is 0.338 e. The van der Waals surface area contributed by atoms with Crippen LogP contribution in [0.5, 0.6) is 0 Å². The average molecular weight is 376 g/mol. The Balaban J connectivity index is 1.32. The fraction of sp³-hybridized carbons (Fsp3) is 0.333. The van der Waals surface area contributed by atoms with Gasteiger partial charge in [0.05, 0.1) is 23.1 Å². The highest BCUT2D eigenvalue weighted by atomic mass is 16.2. The predicted molar refractivity (Wildman–Crippen MR) is 112 cm³/mol. The average Bonchev–Trinajstić information content (AvgIpc) is 3.36. The Kier molecular flexibility index (Phi) is 4.27. The zero-order valence-electron chi connectivity index (χ0n) is 15.7. The first-order valence-corrected chi connectivity index (χ1v) is 9.94. The molecule has 7 nitrogen and oxygen atoms in total. The van der Waals surface area contributed by atoms with Crippen LogP contribution in [0.3, 0.4) is 0 Å². The highest BCUT2D eigenvalue weighted by molar-refractivity contribution is 6.00. The van der Waals surface area contributed by atoms with Gasteiger partial charge in [-0.1, -0.05) is 12.1 Å². The summed E-state index contributed by atoms with van der Waals surface area (Å²) in [4.78, 5) is 15.1. The molecule has 0 bridgehead atoms. The van der Waals surface area contributed by atoms with Gasteiger partial charge in [0.25, 0.3) is 0 Å². The second kappa shape index (κ2) is 7.07. The molecule has 0 atom stereocenters. The minimum Gasteiger partial charge on any atom is -0.371 e. The van der Waals surface area contributed by atoms with E-state index in [-0.39, 0.29) is 6.03 Å². The van der Waals surface area contributed by atoms with Crippen molar-refractivity contribution in [2.75, 3.05) is 34.9 Å². The molecule has 28 heavy (non-hydrogen) atoms. The lowest BCUT2D eigenvalue weighted by molar-refractivity contribution is 0.251. The van der Waals surface area contributed by atoms with Crippen LogP contribution in [0.1, 0.15) is 24.8 Å². The van der Waals surface area contributed by atoms with E-state index in [1.807, 2.05) is 23.2 Å². The number of carbonyl (C=O) groups is 1. The fourth-order valence-electron chi connectivity index (χ4n) is 4.31. The number of nitrogens with zero attached hydrogens (tertiary/aromatic N) is 3. The highest BCUT2D eigenvalue weighted by Crippen LogP contribution is 2.35. The molecule has 2 amide bonds. The SMILES string of the molecule is O=C(Nc1cccc2[nH]ncc12)NN1CCc2c(N3CCCCC3)cccc21. The summed E-state index contributed by atoms with van der Waals surface area (Å²) < 4.78 is 0. The molecule has 144 valence electrons. The number of hydrogen-bond donors (Lipinski definition) is 3. The number of aromatic nitrogens is 2. The maximum atomic E-state index is 12.6. The maximum absolute atomic E-state index is 12.6. The summed E-state index contributed by atoms with van der Waals surface area (Å²) in [6.45, 7) is 3.03. The number of rotatable bonds is 3. The second-order valence-corrected chi connectivity index (χ2v) is 7.43. The first-order valence-electron chi connectivity index (χ1n) is 9.94. The normalized spacial score (nSPS) is 16.3. The third kappa shape index (κ3) is 3.02. The Hall–Kier alpha value is -3.22. The molecule has 3 N–H and O–H groups in total. The summed E-state index contributed by atoms with van der Waals surface area (Å²) in [5.74, 6) is 0. The molecule has 0 saturated carbocycles. The number of anilines is 3. The zero-order valence-corrected chi connectivity index (χ0v) is 15.7. The topological polar surface area (TPSA) is 76.3 Å². The summed E-state index contributed by atoms with van der Waals surface area (Å²) in [5.41, 5.74) is 8.40. The largest absolute Gasteiger partial charge is 0.371 e. The molecule has 3 heterocycles. The molecular formula is C21H24N6O. The molecule has 0 unspecified atom stereocenters. The number of benzene rings is 2. The molecular weight excluding hydrogens is 352 g/mol. The molecule has 7 heteroatoms. The lowest BCUT2D eigenvalue weighted by Gasteiger charge is -2.30. The molecule has 0 aliphatic carbocycles. The van der Waals surface area contributed by atoms with Crippen LogP contribution in [-0.2, 0) is 6.42 Å². The van der Waals surface area contributed by atoms with Crippen molar-refractivity contribution in [3.05, 3.63) is 48.2 Å². The Labute approximate surface area is 163 Å². The van der Waals surface area contributed by atoms with Crippen molar-refractivity contribution < 1.29 is 4.79 Å². The quantitative estimate of drug-likeness (QED) is 0.652. The van der Waals surface area contributed by atoms with Gasteiger partial charge >= 0.3 is 6.03 Å². The minimum atomic E-state index is -0.245. The van der Waals surface area contributed by atoms with Crippen LogP contribution in [0, 0.1) is 0 Å². The summed E-state index contributed by atoms with van der Waals surface area (Å²) in [6.07, 6.45) is 6.50. The number of amides is 2.